The number of benzene rings is 1. The van der Waals surface area contributed by atoms with Crippen molar-refractivity contribution in [1.29, 1.82) is 5.26 Å². The van der Waals surface area contributed by atoms with Crippen molar-refractivity contribution in [3.8, 4) is 6.07 Å². The molecule has 0 bridgehead atoms. The van der Waals surface area contributed by atoms with Gasteiger partial charge in [0.1, 0.15) is 6.07 Å². The van der Waals surface area contributed by atoms with Crippen LogP contribution in [0.25, 0.3) is 0 Å². The molecule has 1 aromatic rings. The normalized spacial score (nSPS) is 9.76. The van der Waals surface area contributed by atoms with E-state index in [1.807, 2.05) is 19.1 Å². The van der Waals surface area contributed by atoms with Crippen molar-refractivity contribution in [3.05, 3.63) is 33.8 Å². The van der Waals surface area contributed by atoms with Crippen LogP contribution in [0.15, 0.2) is 12.1 Å². The lowest BCUT2D eigenvalue weighted by Gasteiger charge is -2.08. The molecule has 1 rings (SSSR count). The summed E-state index contributed by atoms with van der Waals surface area (Å²) in [5.41, 5.74) is 1.91. The fraction of sp³-hybridized carbons (Fsp3) is 0.385. The van der Waals surface area contributed by atoms with E-state index in [4.69, 9.17) is 21.6 Å². The van der Waals surface area contributed by atoms with Gasteiger partial charge in [-0.3, -0.25) is 4.79 Å². The van der Waals surface area contributed by atoms with Crippen LogP contribution in [-0.2, 0) is 22.4 Å². The highest BCUT2D eigenvalue weighted by Gasteiger charge is 2.13. The molecule has 0 unspecified atom stereocenters. The molecule has 0 spiro atoms. The third kappa shape index (κ3) is 3.21. The third-order valence-corrected chi connectivity index (χ3v) is 2.87. The van der Waals surface area contributed by atoms with E-state index in [0.29, 0.717) is 22.8 Å². The zero-order chi connectivity index (χ0) is 12.8. The maximum atomic E-state index is 11.4. The van der Waals surface area contributed by atoms with Gasteiger partial charge in [0.15, 0.2) is 0 Å². The van der Waals surface area contributed by atoms with E-state index < -0.39 is 0 Å². The molecule has 17 heavy (non-hydrogen) atoms. The summed E-state index contributed by atoms with van der Waals surface area (Å²) >= 11 is 6.10. The van der Waals surface area contributed by atoms with Gasteiger partial charge in [0.25, 0.3) is 0 Å². The summed E-state index contributed by atoms with van der Waals surface area (Å²) in [4.78, 5) is 11.4. The number of hydrogen-bond donors (Lipinski definition) is 0. The number of ether oxygens (including phenoxy) is 1. The van der Waals surface area contributed by atoms with Gasteiger partial charge in [-0.2, -0.15) is 5.26 Å². The first-order valence-corrected chi connectivity index (χ1v) is 5.87. The lowest BCUT2D eigenvalue weighted by atomic mass is 10.0. The SMILES string of the molecule is CCOC(=O)Cc1ccc(CC)c(Cl)c1C#N. The van der Waals surface area contributed by atoms with Crippen molar-refractivity contribution in [1.82, 2.24) is 0 Å². The summed E-state index contributed by atoms with van der Waals surface area (Å²) in [5, 5.41) is 9.52. The van der Waals surface area contributed by atoms with Gasteiger partial charge >= 0.3 is 5.97 Å². The molecule has 0 fully saturated rings. The van der Waals surface area contributed by atoms with Gasteiger partial charge in [0.2, 0.25) is 0 Å². The van der Waals surface area contributed by atoms with Gasteiger partial charge in [-0.15, -0.1) is 0 Å². The van der Waals surface area contributed by atoms with Gasteiger partial charge in [-0.25, -0.2) is 0 Å². The topological polar surface area (TPSA) is 50.1 Å². The summed E-state index contributed by atoms with van der Waals surface area (Å²) in [6.45, 7) is 4.05. The number of halogens is 1. The molecule has 4 heteroatoms. The van der Waals surface area contributed by atoms with Crippen molar-refractivity contribution in [2.24, 2.45) is 0 Å². The Labute approximate surface area is 106 Å². The Morgan fingerprint density at radius 1 is 1.41 bits per heavy atom. The van der Waals surface area contributed by atoms with Crippen molar-refractivity contribution < 1.29 is 9.53 Å². The second kappa shape index (κ2) is 6.27. The Morgan fingerprint density at radius 3 is 2.59 bits per heavy atom. The van der Waals surface area contributed by atoms with Crippen LogP contribution in [0.3, 0.4) is 0 Å². The number of aryl methyl sites for hydroxylation is 1. The van der Waals surface area contributed by atoms with Gasteiger partial charge in [-0.05, 0) is 24.5 Å². The molecule has 0 atom stereocenters. The molecule has 0 aliphatic rings. The van der Waals surface area contributed by atoms with Crippen LogP contribution in [-0.4, -0.2) is 12.6 Å². The largest absolute Gasteiger partial charge is 0.466 e. The van der Waals surface area contributed by atoms with Crippen molar-refractivity contribution in [2.45, 2.75) is 26.7 Å². The number of nitrogens with zero attached hydrogens (tertiary/aromatic N) is 1. The fourth-order valence-corrected chi connectivity index (χ4v) is 1.93. The number of esters is 1. The predicted molar refractivity (Wildman–Crippen MR) is 65.9 cm³/mol. The standard InChI is InChI=1S/C13H14ClNO2/c1-3-9-5-6-10(7-12(16)17-4-2)11(8-15)13(9)14/h5-6H,3-4,7H2,1-2H3. The molecule has 0 aliphatic carbocycles. The zero-order valence-electron chi connectivity index (χ0n) is 9.92. The second-order valence-corrected chi connectivity index (χ2v) is 3.90. The Hall–Kier alpha value is -1.53. The highest BCUT2D eigenvalue weighted by molar-refractivity contribution is 6.32. The number of carbonyl (C=O) groups excluding carboxylic acids is 1. The molecule has 0 N–H and O–H groups in total. The van der Waals surface area contributed by atoms with Crippen LogP contribution < -0.4 is 0 Å². The first-order chi connectivity index (χ1) is 8.13. The van der Waals surface area contributed by atoms with Gasteiger partial charge in [-0.1, -0.05) is 30.7 Å². The predicted octanol–water partition coefficient (Wildman–Crippen LogP) is 2.88. The number of nitriles is 1. The lowest BCUT2D eigenvalue weighted by Crippen LogP contribution is -2.09. The quantitative estimate of drug-likeness (QED) is 0.773. The Morgan fingerprint density at radius 2 is 2.06 bits per heavy atom. The highest BCUT2D eigenvalue weighted by atomic mass is 35.5. The maximum absolute atomic E-state index is 11.4. The molecule has 0 heterocycles. The molecule has 90 valence electrons. The molecule has 0 saturated heterocycles. The first-order valence-electron chi connectivity index (χ1n) is 5.50. The zero-order valence-corrected chi connectivity index (χ0v) is 10.7. The molecule has 3 nitrogen and oxygen atoms in total. The Bertz CT molecular complexity index is 463. The minimum Gasteiger partial charge on any atom is -0.466 e. The van der Waals surface area contributed by atoms with E-state index in [-0.39, 0.29) is 12.4 Å². The molecular formula is C13H14ClNO2. The molecule has 0 aliphatic heterocycles. The van der Waals surface area contributed by atoms with Crippen molar-refractivity contribution in [3.63, 3.8) is 0 Å². The van der Waals surface area contributed by atoms with E-state index in [9.17, 15) is 4.79 Å². The van der Waals surface area contributed by atoms with E-state index >= 15 is 0 Å². The lowest BCUT2D eigenvalue weighted by molar-refractivity contribution is -0.142. The van der Waals surface area contributed by atoms with Crippen LogP contribution in [0.1, 0.15) is 30.5 Å². The van der Waals surface area contributed by atoms with Crippen LogP contribution in [0.4, 0.5) is 0 Å². The molecule has 1 aromatic carbocycles. The van der Waals surface area contributed by atoms with Crippen molar-refractivity contribution in [2.75, 3.05) is 6.61 Å². The maximum Gasteiger partial charge on any atom is 0.310 e. The summed E-state index contributed by atoms with van der Waals surface area (Å²) in [5.74, 6) is -0.343. The highest BCUT2D eigenvalue weighted by Crippen LogP contribution is 2.25. The summed E-state index contributed by atoms with van der Waals surface area (Å²) in [6.07, 6.45) is 0.841. The number of rotatable bonds is 4. The molecule has 0 radical (unpaired) electrons. The first kappa shape index (κ1) is 13.5. The van der Waals surface area contributed by atoms with Gasteiger partial charge in [0, 0.05) is 0 Å². The fourth-order valence-electron chi connectivity index (χ4n) is 1.57. The smallest absolute Gasteiger partial charge is 0.310 e. The summed E-state index contributed by atoms with van der Waals surface area (Å²) in [7, 11) is 0. The second-order valence-electron chi connectivity index (χ2n) is 3.52. The number of hydrogen-bond acceptors (Lipinski definition) is 3. The van der Waals surface area contributed by atoms with E-state index in [1.165, 1.54) is 0 Å². The number of carbonyl (C=O) groups is 1. The third-order valence-electron chi connectivity index (χ3n) is 2.44. The minimum absolute atomic E-state index is 0.0838. The van der Waals surface area contributed by atoms with Crippen LogP contribution >= 0.6 is 11.6 Å². The van der Waals surface area contributed by atoms with Gasteiger partial charge in [0.05, 0.1) is 23.6 Å². The van der Waals surface area contributed by atoms with Crippen LogP contribution in [0.2, 0.25) is 5.02 Å². The summed E-state index contributed by atoms with van der Waals surface area (Å²) in [6, 6.07) is 5.66. The Kier molecular flexibility index (Phi) is 4.99. The van der Waals surface area contributed by atoms with Crippen LogP contribution in [0.5, 0.6) is 0 Å². The van der Waals surface area contributed by atoms with E-state index in [0.717, 1.165) is 12.0 Å². The minimum atomic E-state index is -0.343. The average molecular weight is 252 g/mol. The summed E-state index contributed by atoms with van der Waals surface area (Å²) < 4.78 is 4.85. The average Bonchev–Trinajstić information content (AvgIpc) is 2.30. The molecule has 0 aromatic heterocycles. The van der Waals surface area contributed by atoms with Gasteiger partial charge < -0.3 is 4.74 Å². The van der Waals surface area contributed by atoms with E-state index in [1.54, 1.807) is 13.0 Å². The van der Waals surface area contributed by atoms with E-state index in [2.05, 4.69) is 0 Å². The molecule has 0 amide bonds. The van der Waals surface area contributed by atoms with Crippen molar-refractivity contribution >= 4 is 17.6 Å². The molecular weight excluding hydrogens is 238 g/mol. The monoisotopic (exact) mass is 251 g/mol. The molecule has 0 saturated carbocycles. The van der Waals surface area contributed by atoms with Crippen LogP contribution in [0, 0.1) is 11.3 Å². The Balaban J connectivity index is 3.06.